The average molecular weight is 270 g/mol. The lowest BCUT2D eigenvalue weighted by molar-refractivity contribution is 0.127. The van der Waals surface area contributed by atoms with Crippen LogP contribution in [0.2, 0.25) is 5.02 Å². The number of aliphatic hydroxyl groups is 1. The third kappa shape index (κ3) is 2.06. The van der Waals surface area contributed by atoms with Crippen LogP contribution in [0.5, 0.6) is 5.75 Å². The molecule has 1 atom stereocenters. The zero-order valence-corrected chi connectivity index (χ0v) is 12.1. The fraction of sp³-hybridized carbons (Fsp3) is 0.571. The molecule has 4 heteroatoms. The maximum Gasteiger partial charge on any atom is 0.143 e. The molecule has 18 heavy (non-hydrogen) atoms. The van der Waals surface area contributed by atoms with Gasteiger partial charge in [0.15, 0.2) is 0 Å². The highest BCUT2D eigenvalue weighted by atomic mass is 35.5. The Morgan fingerprint density at radius 1 is 1.44 bits per heavy atom. The van der Waals surface area contributed by atoms with Gasteiger partial charge in [0.1, 0.15) is 5.75 Å². The zero-order chi connectivity index (χ0) is 13.5. The second-order valence-corrected chi connectivity index (χ2v) is 5.79. The van der Waals surface area contributed by atoms with Gasteiger partial charge in [-0.2, -0.15) is 0 Å². The summed E-state index contributed by atoms with van der Waals surface area (Å²) in [7, 11) is 1.64. The SMILES string of the molecule is COc1cc(Cl)c(C)cc1N1CCC(O)C1(C)C. The number of aliphatic hydroxyl groups excluding tert-OH is 1. The molecule has 1 unspecified atom stereocenters. The number of hydrogen-bond acceptors (Lipinski definition) is 3. The topological polar surface area (TPSA) is 32.7 Å². The molecule has 1 N–H and O–H groups in total. The van der Waals surface area contributed by atoms with E-state index in [1.165, 1.54) is 0 Å². The van der Waals surface area contributed by atoms with E-state index in [4.69, 9.17) is 16.3 Å². The van der Waals surface area contributed by atoms with Crippen LogP contribution in [0.4, 0.5) is 5.69 Å². The van der Waals surface area contributed by atoms with E-state index in [9.17, 15) is 5.11 Å². The minimum atomic E-state index is -0.321. The van der Waals surface area contributed by atoms with Crippen LogP contribution in [0.1, 0.15) is 25.8 Å². The Hall–Kier alpha value is -0.930. The normalized spacial score (nSPS) is 22.3. The number of methoxy groups -OCH3 is 1. The number of anilines is 1. The molecule has 0 amide bonds. The molecule has 0 bridgehead atoms. The number of hydrogen-bond donors (Lipinski definition) is 1. The Balaban J connectivity index is 2.48. The number of halogens is 1. The van der Waals surface area contributed by atoms with E-state index in [0.29, 0.717) is 5.02 Å². The van der Waals surface area contributed by atoms with E-state index in [0.717, 1.165) is 30.0 Å². The first-order valence-corrected chi connectivity index (χ1v) is 6.55. The summed E-state index contributed by atoms with van der Waals surface area (Å²) in [6.45, 7) is 6.90. The van der Waals surface area contributed by atoms with Crippen molar-refractivity contribution in [2.24, 2.45) is 0 Å². The maximum absolute atomic E-state index is 10.1. The highest BCUT2D eigenvalue weighted by molar-refractivity contribution is 6.31. The van der Waals surface area contributed by atoms with Gasteiger partial charge in [-0.05, 0) is 38.8 Å². The molecule has 0 radical (unpaired) electrons. The molecule has 1 saturated heterocycles. The summed E-state index contributed by atoms with van der Waals surface area (Å²) in [6.07, 6.45) is 0.455. The van der Waals surface area contributed by atoms with Crippen molar-refractivity contribution in [3.05, 3.63) is 22.7 Å². The van der Waals surface area contributed by atoms with Crippen LogP contribution >= 0.6 is 11.6 Å². The van der Waals surface area contributed by atoms with Crippen molar-refractivity contribution in [2.45, 2.75) is 38.8 Å². The van der Waals surface area contributed by atoms with Gasteiger partial charge in [-0.25, -0.2) is 0 Å². The average Bonchev–Trinajstić information content (AvgIpc) is 2.57. The number of benzene rings is 1. The fourth-order valence-electron chi connectivity index (χ4n) is 2.53. The molecule has 2 rings (SSSR count). The summed E-state index contributed by atoms with van der Waals surface area (Å²) in [5, 5.41) is 10.8. The smallest absolute Gasteiger partial charge is 0.143 e. The number of nitrogens with zero attached hydrogens (tertiary/aromatic N) is 1. The minimum absolute atomic E-state index is 0.284. The van der Waals surface area contributed by atoms with Gasteiger partial charge in [0.05, 0.1) is 24.4 Å². The van der Waals surface area contributed by atoms with E-state index in [-0.39, 0.29) is 11.6 Å². The van der Waals surface area contributed by atoms with E-state index in [2.05, 4.69) is 4.90 Å². The summed E-state index contributed by atoms with van der Waals surface area (Å²) in [4.78, 5) is 2.19. The Morgan fingerprint density at radius 2 is 2.11 bits per heavy atom. The molecule has 0 spiro atoms. The molecule has 1 aliphatic heterocycles. The molecule has 100 valence electrons. The quantitative estimate of drug-likeness (QED) is 0.896. The molecule has 1 aromatic rings. The van der Waals surface area contributed by atoms with Crippen LogP contribution in [-0.2, 0) is 0 Å². The zero-order valence-electron chi connectivity index (χ0n) is 11.3. The Kier molecular flexibility index (Phi) is 3.47. The first-order valence-electron chi connectivity index (χ1n) is 6.17. The Labute approximate surface area is 113 Å². The molecule has 1 aromatic carbocycles. The van der Waals surface area contributed by atoms with Crippen molar-refractivity contribution < 1.29 is 9.84 Å². The third-order valence-electron chi connectivity index (χ3n) is 3.89. The third-order valence-corrected chi connectivity index (χ3v) is 4.30. The van der Waals surface area contributed by atoms with E-state index < -0.39 is 0 Å². The standard InChI is InChI=1S/C14H20ClNO2/c1-9-7-11(12(18-4)8-10(9)15)16-6-5-13(17)14(16,2)3/h7-8,13,17H,5-6H2,1-4H3. The predicted molar refractivity (Wildman–Crippen MR) is 74.8 cm³/mol. The lowest BCUT2D eigenvalue weighted by atomic mass is 9.98. The van der Waals surface area contributed by atoms with Crippen molar-refractivity contribution >= 4 is 17.3 Å². The fourth-order valence-corrected chi connectivity index (χ4v) is 2.68. The molecule has 0 saturated carbocycles. The second-order valence-electron chi connectivity index (χ2n) is 5.38. The predicted octanol–water partition coefficient (Wildman–Crippen LogP) is 3.01. The summed E-state index contributed by atoms with van der Waals surface area (Å²) in [6, 6.07) is 3.87. The van der Waals surface area contributed by atoms with E-state index >= 15 is 0 Å². The van der Waals surface area contributed by atoms with Crippen LogP contribution in [0.25, 0.3) is 0 Å². The molecule has 1 aliphatic rings. The van der Waals surface area contributed by atoms with Crippen molar-refractivity contribution in [1.82, 2.24) is 0 Å². The largest absolute Gasteiger partial charge is 0.495 e. The van der Waals surface area contributed by atoms with Gasteiger partial charge in [0.25, 0.3) is 0 Å². The summed E-state index contributed by atoms with van der Waals surface area (Å²) >= 11 is 6.12. The lowest BCUT2D eigenvalue weighted by Gasteiger charge is -2.36. The van der Waals surface area contributed by atoms with Gasteiger partial charge >= 0.3 is 0 Å². The van der Waals surface area contributed by atoms with Crippen molar-refractivity contribution in [3.63, 3.8) is 0 Å². The van der Waals surface area contributed by atoms with Crippen molar-refractivity contribution in [3.8, 4) is 5.75 Å². The van der Waals surface area contributed by atoms with Gasteiger partial charge in [-0.1, -0.05) is 11.6 Å². The molecule has 1 fully saturated rings. The Bertz CT molecular complexity index is 459. The van der Waals surface area contributed by atoms with Gasteiger partial charge in [0, 0.05) is 17.6 Å². The lowest BCUT2D eigenvalue weighted by Crippen LogP contribution is -2.45. The van der Waals surface area contributed by atoms with Gasteiger partial charge in [0.2, 0.25) is 0 Å². The van der Waals surface area contributed by atoms with E-state index in [1.807, 2.05) is 32.9 Å². The molecule has 1 heterocycles. The van der Waals surface area contributed by atoms with Crippen LogP contribution < -0.4 is 9.64 Å². The van der Waals surface area contributed by atoms with Gasteiger partial charge in [-0.15, -0.1) is 0 Å². The molecular weight excluding hydrogens is 250 g/mol. The Morgan fingerprint density at radius 3 is 2.61 bits per heavy atom. The molecule has 0 aliphatic carbocycles. The van der Waals surface area contributed by atoms with Crippen molar-refractivity contribution in [2.75, 3.05) is 18.6 Å². The number of rotatable bonds is 2. The number of aryl methyl sites for hydroxylation is 1. The highest BCUT2D eigenvalue weighted by Gasteiger charge is 2.41. The summed E-state index contributed by atoms with van der Waals surface area (Å²) < 4.78 is 5.41. The van der Waals surface area contributed by atoms with E-state index in [1.54, 1.807) is 7.11 Å². The first kappa shape index (κ1) is 13.5. The molecule has 0 aromatic heterocycles. The summed E-state index contributed by atoms with van der Waals surface area (Å²) in [5.74, 6) is 0.757. The van der Waals surface area contributed by atoms with Gasteiger partial charge < -0.3 is 14.7 Å². The highest BCUT2D eigenvalue weighted by Crippen LogP contribution is 2.41. The summed E-state index contributed by atoms with van der Waals surface area (Å²) in [5.41, 5.74) is 1.73. The molecule has 3 nitrogen and oxygen atoms in total. The van der Waals surface area contributed by atoms with Crippen LogP contribution in [0.15, 0.2) is 12.1 Å². The maximum atomic E-state index is 10.1. The van der Waals surface area contributed by atoms with Gasteiger partial charge in [-0.3, -0.25) is 0 Å². The van der Waals surface area contributed by atoms with Crippen LogP contribution in [0.3, 0.4) is 0 Å². The van der Waals surface area contributed by atoms with Crippen molar-refractivity contribution in [1.29, 1.82) is 0 Å². The minimum Gasteiger partial charge on any atom is -0.495 e. The second kappa shape index (κ2) is 4.63. The monoisotopic (exact) mass is 269 g/mol. The molecular formula is C14H20ClNO2. The van der Waals surface area contributed by atoms with Crippen LogP contribution in [0, 0.1) is 6.92 Å². The van der Waals surface area contributed by atoms with Crippen LogP contribution in [-0.4, -0.2) is 30.4 Å². The number of ether oxygens (including phenoxy) is 1. The first-order chi connectivity index (χ1) is 8.37.